The highest BCUT2D eigenvalue weighted by molar-refractivity contribution is 14.0. The molecule has 124 valence electrons. The molecule has 4 nitrogen and oxygen atoms in total. The van der Waals surface area contributed by atoms with Crippen LogP contribution in [0.1, 0.15) is 30.9 Å². The van der Waals surface area contributed by atoms with Crippen LogP contribution in [0.15, 0.2) is 27.7 Å². The minimum absolute atomic E-state index is 0. The first kappa shape index (κ1) is 19.7. The predicted molar refractivity (Wildman–Crippen MR) is 106 cm³/mol. The first-order valence-electron chi connectivity index (χ1n) is 7.56. The molecule has 0 unspecified atom stereocenters. The molecular weight excluding hydrogens is 457 g/mol. The summed E-state index contributed by atoms with van der Waals surface area (Å²) in [6, 6.07) is 6.30. The van der Waals surface area contributed by atoms with Gasteiger partial charge in [0.05, 0.1) is 12.6 Å². The number of hydrogen-bond acceptors (Lipinski definition) is 2. The summed E-state index contributed by atoms with van der Waals surface area (Å²) in [7, 11) is 0. The van der Waals surface area contributed by atoms with E-state index in [1.165, 1.54) is 11.1 Å². The lowest BCUT2D eigenvalue weighted by Gasteiger charge is -2.32. The van der Waals surface area contributed by atoms with Crippen LogP contribution in [0.3, 0.4) is 0 Å². The number of halogens is 2. The van der Waals surface area contributed by atoms with Crippen LogP contribution in [0.2, 0.25) is 0 Å². The Bertz CT molecular complexity index is 502. The van der Waals surface area contributed by atoms with E-state index >= 15 is 0 Å². The largest absolute Gasteiger partial charge is 0.393 e. The maximum Gasteiger partial charge on any atom is 0.194 e. The van der Waals surface area contributed by atoms with Crippen LogP contribution in [0.4, 0.5) is 0 Å². The highest BCUT2D eigenvalue weighted by Gasteiger charge is 2.19. The van der Waals surface area contributed by atoms with Gasteiger partial charge >= 0.3 is 0 Å². The fourth-order valence-corrected chi connectivity index (χ4v) is 2.98. The highest BCUT2D eigenvalue weighted by atomic mass is 127. The molecule has 1 fully saturated rings. The smallest absolute Gasteiger partial charge is 0.194 e. The lowest BCUT2D eigenvalue weighted by atomic mass is 10.1. The number of aliphatic imine (C=N–C) groups is 1. The fourth-order valence-electron chi connectivity index (χ4n) is 2.50. The van der Waals surface area contributed by atoms with Crippen molar-refractivity contribution in [2.75, 3.05) is 19.6 Å². The van der Waals surface area contributed by atoms with Crippen molar-refractivity contribution in [3.05, 3.63) is 33.8 Å². The lowest BCUT2D eigenvalue weighted by Crippen LogP contribution is -2.46. The summed E-state index contributed by atoms with van der Waals surface area (Å²) in [6.45, 7) is 7.47. The fraction of sp³-hybridized carbons (Fsp3) is 0.562. The van der Waals surface area contributed by atoms with E-state index in [2.05, 4.69) is 58.2 Å². The second-order valence-electron chi connectivity index (χ2n) is 5.46. The van der Waals surface area contributed by atoms with Crippen LogP contribution in [0.5, 0.6) is 0 Å². The molecule has 0 aromatic heterocycles. The monoisotopic (exact) mass is 481 g/mol. The van der Waals surface area contributed by atoms with Crippen molar-refractivity contribution < 1.29 is 5.11 Å². The number of nitrogens with one attached hydrogen (secondary N) is 1. The summed E-state index contributed by atoms with van der Waals surface area (Å²) in [5.41, 5.74) is 2.49. The van der Waals surface area contributed by atoms with Gasteiger partial charge in [-0.25, -0.2) is 4.99 Å². The molecule has 22 heavy (non-hydrogen) atoms. The molecule has 2 N–H and O–H groups in total. The molecule has 1 aromatic rings. The van der Waals surface area contributed by atoms with Gasteiger partial charge in [-0.2, -0.15) is 0 Å². The van der Waals surface area contributed by atoms with Crippen molar-refractivity contribution in [1.29, 1.82) is 0 Å². The molecule has 6 heteroatoms. The maximum absolute atomic E-state index is 9.62. The quantitative estimate of drug-likeness (QED) is 0.395. The normalized spacial score (nSPS) is 16.4. The van der Waals surface area contributed by atoms with Gasteiger partial charge in [0.1, 0.15) is 0 Å². The molecule has 1 heterocycles. The van der Waals surface area contributed by atoms with E-state index in [1.807, 2.05) is 0 Å². The number of benzene rings is 1. The van der Waals surface area contributed by atoms with Crippen LogP contribution in [-0.2, 0) is 6.54 Å². The van der Waals surface area contributed by atoms with Gasteiger partial charge in [-0.1, -0.05) is 22.0 Å². The molecule has 0 bridgehead atoms. The van der Waals surface area contributed by atoms with E-state index in [0.717, 1.165) is 42.9 Å². The molecule has 0 saturated carbocycles. The van der Waals surface area contributed by atoms with Gasteiger partial charge in [0, 0.05) is 24.1 Å². The van der Waals surface area contributed by atoms with Gasteiger partial charge in [-0.3, -0.25) is 0 Å². The molecular formula is C16H25BrIN3O. The van der Waals surface area contributed by atoms with Gasteiger partial charge < -0.3 is 15.3 Å². The van der Waals surface area contributed by atoms with Gasteiger partial charge in [-0.15, -0.1) is 24.0 Å². The van der Waals surface area contributed by atoms with Crippen molar-refractivity contribution in [2.24, 2.45) is 4.99 Å². The van der Waals surface area contributed by atoms with Crippen LogP contribution in [0.25, 0.3) is 0 Å². The number of guanidine groups is 1. The summed E-state index contributed by atoms with van der Waals surface area (Å²) >= 11 is 3.49. The van der Waals surface area contributed by atoms with E-state index in [1.54, 1.807) is 0 Å². The van der Waals surface area contributed by atoms with E-state index in [9.17, 15) is 5.11 Å². The molecule has 0 spiro atoms. The molecule has 0 amide bonds. The van der Waals surface area contributed by atoms with Crippen molar-refractivity contribution in [3.63, 3.8) is 0 Å². The summed E-state index contributed by atoms with van der Waals surface area (Å²) in [4.78, 5) is 7.00. The highest BCUT2D eigenvalue weighted by Crippen LogP contribution is 2.17. The number of nitrogens with zero attached hydrogens (tertiary/aromatic N) is 2. The summed E-state index contributed by atoms with van der Waals surface area (Å²) in [5.74, 6) is 0.951. The van der Waals surface area contributed by atoms with Crippen LogP contribution >= 0.6 is 39.9 Å². The number of aliphatic hydroxyl groups excluding tert-OH is 1. The molecule has 2 rings (SSSR count). The molecule has 0 aliphatic carbocycles. The first-order chi connectivity index (χ1) is 10.1. The Morgan fingerprint density at radius 2 is 2.09 bits per heavy atom. The van der Waals surface area contributed by atoms with Crippen molar-refractivity contribution in [1.82, 2.24) is 10.2 Å². The van der Waals surface area contributed by atoms with Gasteiger partial charge in [0.25, 0.3) is 0 Å². The van der Waals surface area contributed by atoms with Crippen molar-refractivity contribution in [3.8, 4) is 0 Å². The van der Waals surface area contributed by atoms with Crippen LogP contribution in [0, 0.1) is 6.92 Å². The van der Waals surface area contributed by atoms with Crippen LogP contribution in [-0.4, -0.2) is 41.7 Å². The third-order valence-corrected chi connectivity index (χ3v) is 4.30. The zero-order valence-electron chi connectivity index (χ0n) is 13.2. The summed E-state index contributed by atoms with van der Waals surface area (Å²) < 4.78 is 1.10. The van der Waals surface area contributed by atoms with Gasteiger partial charge in [0.2, 0.25) is 0 Å². The van der Waals surface area contributed by atoms with Crippen molar-refractivity contribution in [2.45, 2.75) is 39.3 Å². The number of aliphatic hydroxyl groups is 1. The minimum Gasteiger partial charge on any atom is -0.393 e. The topological polar surface area (TPSA) is 47.9 Å². The molecule has 1 aliphatic heterocycles. The zero-order chi connectivity index (χ0) is 15.2. The molecule has 1 aromatic carbocycles. The number of aryl methyl sites for hydroxylation is 1. The number of piperidine rings is 1. The van der Waals surface area contributed by atoms with E-state index in [4.69, 9.17) is 4.99 Å². The van der Waals surface area contributed by atoms with Gasteiger partial charge in [-0.05, 0) is 49.9 Å². The second kappa shape index (κ2) is 9.72. The second-order valence-corrected chi connectivity index (χ2v) is 6.37. The Morgan fingerprint density at radius 3 is 2.68 bits per heavy atom. The van der Waals surface area contributed by atoms with E-state index in [-0.39, 0.29) is 30.1 Å². The lowest BCUT2D eigenvalue weighted by molar-refractivity contribution is 0.108. The molecule has 0 atom stereocenters. The first-order valence-corrected chi connectivity index (χ1v) is 8.35. The third kappa shape index (κ3) is 5.70. The molecule has 1 saturated heterocycles. The number of rotatable bonds is 3. The maximum atomic E-state index is 9.62. The third-order valence-electron chi connectivity index (χ3n) is 3.80. The van der Waals surface area contributed by atoms with Crippen LogP contribution < -0.4 is 5.32 Å². The zero-order valence-corrected chi connectivity index (χ0v) is 17.1. The molecule has 0 radical (unpaired) electrons. The Kier molecular flexibility index (Phi) is 8.71. The average molecular weight is 482 g/mol. The molecule has 1 aliphatic rings. The standard InChI is InChI=1S/C16H24BrN3O.HI/c1-3-18-16(20-8-6-15(21)7-9-20)19-11-13-4-5-14(17)10-12(13)2;/h4-5,10,15,21H,3,6-9,11H2,1-2H3,(H,18,19);1H. The predicted octanol–water partition coefficient (Wildman–Crippen LogP) is 3.30. The van der Waals surface area contributed by atoms with Crippen molar-refractivity contribution >= 4 is 45.9 Å². The Hall–Kier alpha value is -0.340. The number of likely N-dealkylation sites (tertiary alicyclic amines) is 1. The Balaban J connectivity index is 0.00000242. The van der Waals surface area contributed by atoms with E-state index in [0.29, 0.717) is 6.54 Å². The SMILES string of the molecule is CCNC(=NCc1ccc(Br)cc1C)N1CCC(O)CC1.I. The Morgan fingerprint density at radius 1 is 1.41 bits per heavy atom. The number of hydrogen-bond donors (Lipinski definition) is 2. The average Bonchev–Trinajstić information content (AvgIpc) is 2.46. The van der Waals surface area contributed by atoms with E-state index < -0.39 is 0 Å². The summed E-state index contributed by atoms with van der Waals surface area (Å²) in [6.07, 6.45) is 1.49. The van der Waals surface area contributed by atoms with Gasteiger partial charge in [0.15, 0.2) is 5.96 Å². The summed E-state index contributed by atoms with van der Waals surface area (Å²) in [5, 5.41) is 13.0. The minimum atomic E-state index is -0.155. The Labute approximate surface area is 158 Å².